The van der Waals surface area contributed by atoms with Crippen LogP contribution in [-0.2, 0) is 15.3 Å². The van der Waals surface area contributed by atoms with Crippen molar-refractivity contribution < 1.29 is 8.42 Å². The molecular weight excluding hydrogens is 270 g/mol. The molecule has 0 bridgehead atoms. The lowest BCUT2D eigenvalue weighted by Crippen LogP contribution is -2.33. The lowest BCUT2D eigenvalue weighted by atomic mass is 9.74. The number of benzene rings is 1. The van der Waals surface area contributed by atoms with Gasteiger partial charge in [-0.1, -0.05) is 37.1 Å². The molecular formula is C16H23NO2S. The second kappa shape index (κ2) is 5.15. The van der Waals surface area contributed by atoms with Gasteiger partial charge in [-0.3, -0.25) is 0 Å². The van der Waals surface area contributed by atoms with E-state index < -0.39 is 9.84 Å². The van der Waals surface area contributed by atoms with Gasteiger partial charge in [0.25, 0.3) is 0 Å². The monoisotopic (exact) mass is 293 g/mol. The lowest BCUT2D eigenvalue weighted by Gasteiger charge is -2.31. The third-order valence-corrected chi connectivity index (χ3v) is 6.92. The van der Waals surface area contributed by atoms with Crippen molar-refractivity contribution >= 4 is 9.84 Å². The van der Waals surface area contributed by atoms with Crippen LogP contribution in [0.4, 0.5) is 0 Å². The first kappa shape index (κ1) is 14.1. The Balaban J connectivity index is 2.01. The maximum atomic E-state index is 11.8. The molecule has 0 radical (unpaired) electrons. The summed E-state index contributed by atoms with van der Waals surface area (Å²) in [6, 6.07) is 8.40. The van der Waals surface area contributed by atoms with Gasteiger partial charge in [0.1, 0.15) is 0 Å². The highest BCUT2D eigenvalue weighted by atomic mass is 32.2. The van der Waals surface area contributed by atoms with Gasteiger partial charge in [0.15, 0.2) is 9.84 Å². The van der Waals surface area contributed by atoms with E-state index in [0.717, 1.165) is 19.3 Å². The molecule has 1 saturated heterocycles. The van der Waals surface area contributed by atoms with Gasteiger partial charge >= 0.3 is 0 Å². The predicted molar refractivity (Wildman–Crippen MR) is 81.7 cm³/mol. The molecule has 1 heterocycles. The average molecular weight is 293 g/mol. The molecule has 2 fully saturated rings. The molecule has 1 aliphatic carbocycles. The van der Waals surface area contributed by atoms with E-state index in [1.54, 1.807) is 0 Å². The minimum absolute atomic E-state index is 0.0863. The number of nitrogens with two attached hydrogens (primary N) is 1. The van der Waals surface area contributed by atoms with Gasteiger partial charge in [-0.2, -0.15) is 0 Å². The predicted octanol–water partition coefficient (Wildman–Crippen LogP) is 2.36. The maximum absolute atomic E-state index is 11.8. The molecule has 1 aromatic carbocycles. The van der Waals surface area contributed by atoms with E-state index in [1.807, 2.05) is 6.07 Å². The first-order valence-electron chi connectivity index (χ1n) is 7.56. The fourth-order valence-electron chi connectivity index (χ4n) is 4.01. The first-order valence-corrected chi connectivity index (χ1v) is 9.38. The van der Waals surface area contributed by atoms with Crippen molar-refractivity contribution in [1.82, 2.24) is 0 Å². The van der Waals surface area contributed by atoms with Crippen molar-refractivity contribution in [3.8, 4) is 0 Å². The Hall–Kier alpha value is -0.870. The summed E-state index contributed by atoms with van der Waals surface area (Å²) in [5.74, 6) is 0.812. The van der Waals surface area contributed by atoms with Gasteiger partial charge in [-0.05, 0) is 36.3 Å². The molecule has 1 aromatic rings. The van der Waals surface area contributed by atoms with Crippen LogP contribution >= 0.6 is 0 Å². The molecule has 1 unspecified atom stereocenters. The summed E-state index contributed by atoms with van der Waals surface area (Å²) in [7, 11) is -2.84. The van der Waals surface area contributed by atoms with Crippen LogP contribution in [0.25, 0.3) is 0 Å². The summed E-state index contributed by atoms with van der Waals surface area (Å²) in [5, 5.41) is 0. The smallest absolute Gasteiger partial charge is 0.150 e. The topological polar surface area (TPSA) is 60.2 Å². The third kappa shape index (κ3) is 2.40. The normalized spacial score (nSPS) is 27.8. The fraction of sp³-hybridized carbons (Fsp3) is 0.625. The van der Waals surface area contributed by atoms with E-state index in [1.165, 1.54) is 24.0 Å². The molecule has 0 spiro atoms. The Morgan fingerprint density at radius 3 is 2.50 bits per heavy atom. The zero-order valence-electron chi connectivity index (χ0n) is 11.8. The molecule has 2 aliphatic rings. The van der Waals surface area contributed by atoms with Crippen molar-refractivity contribution in [3.05, 3.63) is 35.4 Å². The van der Waals surface area contributed by atoms with Crippen molar-refractivity contribution in [1.29, 1.82) is 0 Å². The maximum Gasteiger partial charge on any atom is 0.150 e. The highest BCUT2D eigenvalue weighted by molar-refractivity contribution is 7.91. The summed E-state index contributed by atoms with van der Waals surface area (Å²) in [5.41, 5.74) is 8.75. The zero-order chi connectivity index (χ0) is 14.2. The fourth-order valence-corrected chi connectivity index (χ4v) is 5.78. The molecule has 1 aliphatic heterocycles. The second-order valence-corrected chi connectivity index (χ2v) is 8.61. The highest BCUT2D eigenvalue weighted by Gasteiger charge is 2.38. The van der Waals surface area contributed by atoms with Crippen LogP contribution < -0.4 is 5.73 Å². The SMILES string of the molecule is NCC1(c2ccccc2C2CCS(=O)(=O)C2)CCCC1. The average Bonchev–Trinajstić information content (AvgIpc) is 3.06. The van der Waals surface area contributed by atoms with Gasteiger partial charge in [-0.25, -0.2) is 8.42 Å². The summed E-state index contributed by atoms with van der Waals surface area (Å²) >= 11 is 0. The third-order valence-electron chi connectivity index (χ3n) is 5.16. The van der Waals surface area contributed by atoms with Gasteiger partial charge in [0, 0.05) is 12.0 Å². The summed E-state index contributed by atoms with van der Waals surface area (Å²) in [4.78, 5) is 0. The molecule has 3 rings (SSSR count). The van der Waals surface area contributed by atoms with Gasteiger partial charge < -0.3 is 5.73 Å². The van der Waals surface area contributed by atoms with Crippen molar-refractivity contribution in [2.45, 2.75) is 43.4 Å². The highest BCUT2D eigenvalue weighted by Crippen LogP contribution is 2.44. The molecule has 1 saturated carbocycles. The number of hydrogen-bond acceptors (Lipinski definition) is 3. The van der Waals surface area contributed by atoms with E-state index >= 15 is 0 Å². The molecule has 0 amide bonds. The van der Waals surface area contributed by atoms with E-state index in [0.29, 0.717) is 18.1 Å². The minimum atomic E-state index is -2.84. The van der Waals surface area contributed by atoms with Crippen LogP contribution in [0.15, 0.2) is 24.3 Å². The largest absolute Gasteiger partial charge is 0.330 e. The molecule has 2 N–H and O–H groups in total. The Labute approximate surface area is 121 Å². The van der Waals surface area contributed by atoms with Crippen LogP contribution in [0.1, 0.15) is 49.1 Å². The number of hydrogen-bond donors (Lipinski definition) is 1. The minimum Gasteiger partial charge on any atom is -0.330 e. The summed E-state index contributed by atoms with van der Waals surface area (Å²) in [6.45, 7) is 0.670. The summed E-state index contributed by atoms with van der Waals surface area (Å²) < 4.78 is 23.5. The molecule has 0 aromatic heterocycles. The van der Waals surface area contributed by atoms with Crippen LogP contribution in [-0.4, -0.2) is 26.5 Å². The standard InChI is InChI=1S/C16H23NO2S/c17-12-16(8-3-4-9-16)15-6-2-1-5-14(15)13-7-10-20(18,19)11-13/h1-2,5-6,13H,3-4,7-12,17H2. The Morgan fingerprint density at radius 2 is 1.90 bits per heavy atom. The first-order chi connectivity index (χ1) is 9.56. The second-order valence-electron chi connectivity index (χ2n) is 6.38. The van der Waals surface area contributed by atoms with Crippen molar-refractivity contribution in [2.24, 2.45) is 5.73 Å². The quantitative estimate of drug-likeness (QED) is 0.930. The van der Waals surface area contributed by atoms with Crippen LogP contribution in [0.2, 0.25) is 0 Å². The molecule has 1 atom stereocenters. The van der Waals surface area contributed by atoms with Gasteiger partial charge in [-0.15, -0.1) is 0 Å². The molecule has 3 nitrogen and oxygen atoms in total. The Bertz CT molecular complexity index is 588. The zero-order valence-corrected chi connectivity index (χ0v) is 12.7. The van der Waals surface area contributed by atoms with Crippen LogP contribution in [0, 0.1) is 0 Å². The number of sulfone groups is 1. The van der Waals surface area contributed by atoms with Gasteiger partial charge in [0.2, 0.25) is 0 Å². The van der Waals surface area contributed by atoms with E-state index in [9.17, 15) is 8.42 Å². The number of rotatable bonds is 3. The van der Waals surface area contributed by atoms with Crippen molar-refractivity contribution in [3.63, 3.8) is 0 Å². The van der Waals surface area contributed by atoms with Crippen LogP contribution in [0.5, 0.6) is 0 Å². The van der Waals surface area contributed by atoms with Gasteiger partial charge in [0.05, 0.1) is 11.5 Å². The van der Waals surface area contributed by atoms with Crippen molar-refractivity contribution in [2.75, 3.05) is 18.1 Å². The van der Waals surface area contributed by atoms with E-state index in [2.05, 4.69) is 18.2 Å². The Morgan fingerprint density at radius 1 is 1.20 bits per heavy atom. The lowest BCUT2D eigenvalue weighted by molar-refractivity contribution is 0.446. The molecule has 4 heteroatoms. The molecule has 110 valence electrons. The Kier molecular flexibility index (Phi) is 3.63. The summed E-state index contributed by atoms with van der Waals surface area (Å²) in [6.07, 6.45) is 5.50. The van der Waals surface area contributed by atoms with Crippen LogP contribution in [0.3, 0.4) is 0 Å². The van der Waals surface area contributed by atoms with E-state index in [-0.39, 0.29) is 11.3 Å². The molecule has 20 heavy (non-hydrogen) atoms. The van der Waals surface area contributed by atoms with E-state index in [4.69, 9.17) is 5.73 Å².